The summed E-state index contributed by atoms with van der Waals surface area (Å²) in [6.45, 7) is 1.86. The molecule has 0 aliphatic carbocycles. The molecule has 0 unspecified atom stereocenters. The zero-order chi connectivity index (χ0) is 15.5. The van der Waals surface area contributed by atoms with Crippen LogP contribution in [-0.4, -0.2) is 45.4 Å². The molecule has 118 valence electrons. The van der Waals surface area contributed by atoms with E-state index in [-0.39, 0.29) is 0 Å². The van der Waals surface area contributed by atoms with Crippen molar-refractivity contribution >= 4 is 0 Å². The average Bonchev–Trinajstić information content (AvgIpc) is 2.96. The normalized spacial score (nSPS) is 16.3. The van der Waals surface area contributed by atoms with E-state index in [4.69, 9.17) is 0 Å². The average molecular weight is 309 g/mol. The van der Waals surface area contributed by atoms with Crippen LogP contribution in [0.2, 0.25) is 0 Å². The molecule has 0 amide bonds. The van der Waals surface area contributed by atoms with Gasteiger partial charge in [0.1, 0.15) is 0 Å². The predicted octanol–water partition coefficient (Wildman–Crippen LogP) is 0.834. The molecule has 0 radical (unpaired) electrons. The van der Waals surface area contributed by atoms with E-state index in [9.17, 15) is 13.6 Å². The molecule has 2 aromatic heterocycles. The molecule has 1 fully saturated rings. The minimum absolute atomic E-state index is 0.384. The molecule has 0 bridgehead atoms. The second kappa shape index (κ2) is 6.37. The molecule has 2 aromatic rings. The van der Waals surface area contributed by atoms with Crippen molar-refractivity contribution in [3.63, 3.8) is 0 Å². The first-order valence-corrected chi connectivity index (χ1v) is 7.11. The monoisotopic (exact) mass is 309 g/mol. The first-order valence-electron chi connectivity index (χ1n) is 7.11. The summed E-state index contributed by atoms with van der Waals surface area (Å²) in [5.74, 6) is 0. The number of nitrogens with zero attached hydrogens (tertiary/aromatic N) is 4. The number of hydrogen-bond acceptors (Lipinski definition) is 4. The SMILES string of the molecule is O=c1cc(-n2cc(CN3CCNCC3)cn2)ccn1C(F)F. The van der Waals surface area contributed by atoms with E-state index in [0.29, 0.717) is 10.3 Å². The van der Waals surface area contributed by atoms with Crippen LogP contribution in [0.25, 0.3) is 5.69 Å². The lowest BCUT2D eigenvalue weighted by atomic mass is 10.3. The van der Waals surface area contributed by atoms with Gasteiger partial charge in [0.05, 0.1) is 11.9 Å². The zero-order valence-electron chi connectivity index (χ0n) is 12.0. The number of nitrogens with one attached hydrogen (secondary N) is 1. The van der Waals surface area contributed by atoms with Gasteiger partial charge in [-0.15, -0.1) is 0 Å². The van der Waals surface area contributed by atoms with E-state index in [1.54, 1.807) is 6.20 Å². The quantitative estimate of drug-likeness (QED) is 0.909. The smallest absolute Gasteiger partial charge is 0.314 e. The Bertz CT molecular complexity index is 691. The highest BCUT2D eigenvalue weighted by molar-refractivity contribution is 5.29. The van der Waals surface area contributed by atoms with Crippen LogP contribution in [0.5, 0.6) is 0 Å². The molecule has 22 heavy (non-hydrogen) atoms. The van der Waals surface area contributed by atoms with Gasteiger partial charge in [-0.3, -0.25) is 14.3 Å². The summed E-state index contributed by atoms with van der Waals surface area (Å²) in [5.41, 5.74) is 0.764. The van der Waals surface area contributed by atoms with Crippen molar-refractivity contribution in [2.45, 2.75) is 13.1 Å². The van der Waals surface area contributed by atoms with Crippen molar-refractivity contribution in [3.8, 4) is 5.69 Å². The summed E-state index contributed by atoms with van der Waals surface area (Å²) in [6, 6.07) is 2.61. The fraction of sp³-hybridized carbons (Fsp3) is 0.429. The summed E-state index contributed by atoms with van der Waals surface area (Å²) in [6.07, 6.45) is 4.64. The summed E-state index contributed by atoms with van der Waals surface area (Å²) in [4.78, 5) is 13.9. The Kier molecular flexibility index (Phi) is 4.30. The third-order valence-electron chi connectivity index (χ3n) is 3.66. The molecule has 0 atom stereocenters. The number of rotatable bonds is 4. The second-order valence-corrected chi connectivity index (χ2v) is 5.23. The highest BCUT2D eigenvalue weighted by atomic mass is 19.3. The Morgan fingerprint density at radius 1 is 1.32 bits per heavy atom. The fourth-order valence-corrected chi connectivity index (χ4v) is 2.49. The number of halogens is 2. The maximum atomic E-state index is 12.6. The van der Waals surface area contributed by atoms with Crippen molar-refractivity contribution in [2.75, 3.05) is 26.2 Å². The van der Waals surface area contributed by atoms with Gasteiger partial charge in [0.15, 0.2) is 0 Å². The molecule has 1 aliphatic rings. The third kappa shape index (κ3) is 3.23. The number of hydrogen-bond donors (Lipinski definition) is 1. The molecule has 8 heteroatoms. The van der Waals surface area contributed by atoms with Crippen LogP contribution in [0.1, 0.15) is 12.1 Å². The minimum atomic E-state index is -2.83. The van der Waals surface area contributed by atoms with Crippen molar-refractivity contribution in [2.24, 2.45) is 0 Å². The van der Waals surface area contributed by atoms with E-state index in [1.165, 1.54) is 10.7 Å². The Balaban J connectivity index is 1.75. The van der Waals surface area contributed by atoms with Gasteiger partial charge >= 0.3 is 6.55 Å². The van der Waals surface area contributed by atoms with E-state index in [0.717, 1.165) is 50.6 Å². The molecule has 1 saturated heterocycles. The lowest BCUT2D eigenvalue weighted by Crippen LogP contribution is -2.42. The van der Waals surface area contributed by atoms with Crippen molar-refractivity contribution < 1.29 is 8.78 Å². The van der Waals surface area contributed by atoms with Gasteiger partial charge in [-0.2, -0.15) is 13.9 Å². The number of alkyl halides is 2. The maximum Gasteiger partial charge on any atom is 0.321 e. The summed E-state index contributed by atoms with van der Waals surface area (Å²) in [5, 5.41) is 7.50. The van der Waals surface area contributed by atoms with E-state index >= 15 is 0 Å². The summed E-state index contributed by atoms with van der Waals surface area (Å²) in [7, 11) is 0. The van der Waals surface area contributed by atoms with Crippen LogP contribution in [0.4, 0.5) is 8.78 Å². The van der Waals surface area contributed by atoms with E-state index < -0.39 is 12.1 Å². The van der Waals surface area contributed by atoms with Gasteiger partial charge < -0.3 is 5.32 Å². The number of piperazine rings is 1. The number of pyridine rings is 1. The van der Waals surface area contributed by atoms with Crippen LogP contribution in [0.3, 0.4) is 0 Å². The van der Waals surface area contributed by atoms with Gasteiger partial charge in [-0.05, 0) is 6.07 Å². The molecule has 0 saturated carbocycles. The Hall–Kier alpha value is -2.06. The largest absolute Gasteiger partial charge is 0.321 e. The van der Waals surface area contributed by atoms with Crippen LogP contribution in [-0.2, 0) is 6.54 Å². The Morgan fingerprint density at radius 2 is 2.09 bits per heavy atom. The molecule has 1 N–H and O–H groups in total. The van der Waals surface area contributed by atoms with E-state index in [1.807, 2.05) is 6.20 Å². The maximum absolute atomic E-state index is 12.6. The third-order valence-corrected chi connectivity index (χ3v) is 3.66. The standard InChI is InChI=1S/C14H17F2N5O/c15-14(16)20-4-1-12(7-13(20)22)21-10-11(8-18-21)9-19-5-2-17-3-6-19/h1,4,7-8,10,14,17H,2-3,5-6,9H2. The molecule has 6 nitrogen and oxygen atoms in total. The van der Waals surface area contributed by atoms with Gasteiger partial charge in [0.2, 0.25) is 0 Å². The molecule has 0 spiro atoms. The van der Waals surface area contributed by atoms with Gasteiger partial charge in [0.25, 0.3) is 5.56 Å². The molecule has 0 aromatic carbocycles. The van der Waals surface area contributed by atoms with Crippen molar-refractivity contribution in [3.05, 3.63) is 46.6 Å². The lowest BCUT2D eigenvalue weighted by molar-refractivity contribution is 0.0663. The molecule has 1 aliphatic heterocycles. The molecular formula is C14H17F2N5O. The van der Waals surface area contributed by atoms with Crippen LogP contribution in [0.15, 0.2) is 35.5 Å². The predicted molar refractivity (Wildman–Crippen MR) is 77.2 cm³/mol. The van der Waals surface area contributed by atoms with Crippen LogP contribution in [0, 0.1) is 0 Å². The van der Waals surface area contributed by atoms with Crippen LogP contribution >= 0.6 is 0 Å². The van der Waals surface area contributed by atoms with Crippen LogP contribution < -0.4 is 10.9 Å². The lowest BCUT2D eigenvalue weighted by Gasteiger charge is -2.26. The minimum Gasteiger partial charge on any atom is -0.314 e. The molecule has 3 heterocycles. The van der Waals surface area contributed by atoms with Gasteiger partial charge in [-0.1, -0.05) is 0 Å². The molecular weight excluding hydrogens is 292 g/mol. The van der Waals surface area contributed by atoms with Gasteiger partial charge in [-0.25, -0.2) is 4.68 Å². The molecule has 3 rings (SSSR count). The second-order valence-electron chi connectivity index (χ2n) is 5.23. The van der Waals surface area contributed by atoms with Crippen molar-refractivity contribution in [1.82, 2.24) is 24.6 Å². The summed E-state index contributed by atoms with van der Waals surface area (Å²) >= 11 is 0. The van der Waals surface area contributed by atoms with Gasteiger partial charge in [0, 0.05) is 56.7 Å². The zero-order valence-corrected chi connectivity index (χ0v) is 12.0. The first kappa shape index (κ1) is 14.9. The Morgan fingerprint density at radius 3 is 2.77 bits per heavy atom. The fourth-order valence-electron chi connectivity index (χ4n) is 2.49. The topological polar surface area (TPSA) is 55.1 Å². The number of aromatic nitrogens is 3. The van der Waals surface area contributed by atoms with E-state index in [2.05, 4.69) is 15.3 Å². The highest BCUT2D eigenvalue weighted by Crippen LogP contribution is 2.11. The summed E-state index contributed by atoms with van der Waals surface area (Å²) < 4.78 is 27.0. The highest BCUT2D eigenvalue weighted by Gasteiger charge is 2.12. The first-order chi connectivity index (χ1) is 10.6. The van der Waals surface area contributed by atoms with Crippen molar-refractivity contribution in [1.29, 1.82) is 0 Å². The Labute approximate surface area is 126 Å².